The summed E-state index contributed by atoms with van der Waals surface area (Å²) in [4.78, 5) is 0. The van der Waals surface area contributed by atoms with Crippen molar-refractivity contribution in [3.63, 3.8) is 0 Å². The largest absolute Gasteiger partial charge is 0.386 e. The predicted molar refractivity (Wildman–Crippen MR) is 67.5 cm³/mol. The number of hydrogen-bond donors (Lipinski definition) is 1. The van der Waals surface area contributed by atoms with E-state index in [4.69, 9.17) is 0 Å². The Morgan fingerprint density at radius 2 is 1.88 bits per heavy atom. The summed E-state index contributed by atoms with van der Waals surface area (Å²) in [5, 5.41) is 9.49. The Kier molecular flexibility index (Phi) is 3.55. The van der Waals surface area contributed by atoms with Crippen molar-refractivity contribution in [1.29, 1.82) is 0 Å². The van der Waals surface area contributed by atoms with Crippen LogP contribution in [0.15, 0.2) is 48.5 Å². The molecule has 0 amide bonds. The van der Waals surface area contributed by atoms with E-state index in [9.17, 15) is 9.50 Å². The van der Waals surface area contributed by atoms with Crippen molar-refractivity contribution >= 4 is 0 Å². The van der Waals surface area contributed by atoms with Crippen molar-refractivity contribution < 1.29 is 9.50 Å². The lowest BCUT2D eigenvalue weighted by Gasteiger charge is -2.10. The second kappa shape index (κ2) is 5.11. The molecule has 2 rings (SSSR count). The van der Waals surface area contributed by atoms with E-state index in [2.05, 4.69) is 0 Å². The summed E-state index contributed by atoms with van der Waals surface area (Å²) in [5.41, 5.74) is 3.90. The second-order valence-electron chi connectivity index (χ2n) is 4.11. The molecule has 0 saturated carbocycles. The molecule has 0 aliphatic heterocycles. The molecule has 0 spiro atoms. The van der Waals surface area contributed by atoms with Gasteiger partial charge in [0.15, 0.2) is 0 Å². The highest BCUT2D eigenvalue weighted by Crippen LogP contribution is 2.26. The van der Waals surface area contributed by atoms with Gasteiger partial charge in [0.2, 0.25) is 0 Å². The second-order valence-corrected chi connectivity index (χ2v) is 4.11. The monoisotopic (exact) mass is 230 g/mol. The van der Waals surface area contributed by atoms with E-state index < -0.39 is 12.8 Å². The lowest BCUT2D eigenvalue weighted by atomic mass is 9.98. The van der Waals surface area contributed by atoms with Gasteiger partial charge in [0.1, 0.15) is 12.8 Å². The normalized spacial score (nSPS) is 12.4. The quantitative estimate of drug-likeness (QED) is 0.853. The first-order valence-corrected chi connectivity index (χ1v) is 5.62. The van der Waals surface area contributed by atoms with Crippen LogP contribution in [-0.4, -0.2) is 11.8 Å². The van der Waals surface area contributed by atoms with E-state index >= 15 is 0 Å². The van der Waals surface area contributed by atoms with Crippen molar-refractivity contribution in [3.8, 4) is 11.1 Å². The maximum atomic E-state index is 12.4. The van der Waals surface area contributed by atoms with Crippen LogP contribution in [0.2, 0.25) is 0 Å². The zero-order valence-electron chi connectivity index (χ0n) is 9.73. The van der Waals surface area contributed by atoms with Crippen molar-refractivity contribution in [3.05, 3.63) is 59.7 Å². The number of benzene rings is 2. The predicted octanol–water partition coefficient (Wildman–Crippen LogP) is 3.66. The smallest absolute Gasteiger partial charge is 0.119 e. The zero-order chi connectivity index (χ0) is 12.3. The molecule has 0 fully saturated rings. The fraction of sp³-hybridized carbons (Fsp3) is 0.200. The molecule has 1 unspecified atom stereocenters. The van der Waals surface area contributed by atoms with E-state index in [0.29, 0.717) is 5.56 Å². The minimum atomic E-state index is -1.03. The Balaban J connectivity index is 2.43. The zero-order valence-corrected chi connectivity index (χ0v) is 9.73. The molecule has 2 heteroatoms. The van der Waals surface area contributed by atoms with Crippen LogP contribution in [0.3, 0.4) is 0 Å². The van der Waals surface area contributed by atoms with Gasteiger partial charge in [-0.3, -0.25) is 0 Å². The van der Waals surface area contributed by atoms with Gasteiger partial charge in [-0.1, -0.05) is 42.5 Å². The number of alkyl halides is 1. The van der Waals surface area contributed by atoms with E-state index in [-0.39, 0.29) is 0 Å². The molecule has 88 valence electrons. The van der Waals surface area contributed by atoms with Gasteiger partial charge in [-0.2, -0.15) is 0 Å². The van der Waals surface area contributed by atoms with Crippen molar-refractivity contribution in [1.82, 2.24) is 0 Å². The van der Waals surface area contributed by atoms with E-state index in [1.54, 1.807) is 6.07 Å². The third kappa shape index (κ3) is 2.53. The fourth-order valence-corrected chi connectivity index (χ4v) is 1.90. The van der Waals surface area contributed by atoms with Crippen LogP contribution in [0, 0.1) is 6.92 Å². The Bertz CT molecular complexity index is 508. The summed E-state index contributed by atoms with van der Waals surface area (Å²) in [7, 11) is 0. The van der Waals surface area contributed by atoms with E-state index in [1.165, 1.54) is 5.56 Å². The molecule has 2 aromatic carbocycles. The average molecular weight is 230 g/mol. The van der Waals surface area contributed by atoms with Gasteiger partial charge in [0.25, 0.3) is 0 Å². The first-order chi connectivity index (χ1) is 8.22. The SMILES string of the molecule is Cc1ccccc1-c1cccc(C(O)CF)c1. The summed E-state index contributed by atoms with van der Waals surface area (Å²) in [6.07, 6.45) is -1.03. The number of rotatable bonds is 3. The number of aliphatic hydroxyl groups is 1. The summed E-state index contributed by atoms with van der Waals surface area (Å²) in [6, 6.07) is 15.4. The Morgan fingerprint density at radius 1 is 1.12 bits per heavy atom. The standard InChI is InChI=1S/C15H15FO/c1-11-5-2-3-8-14(11)12-6-4-7-13(9-12)15(17)10-16/h2-9,15,17H,10H2,1H3. The molecule has 0 radical (unpaired) electrons. The molecule has 0 heterocycles. The number of halogens is 1. The first-order valence-electron chi connectivity index (χ1n) is 5.62. The van der Waals surface area contributed by atoms with Gasteiger partial charge in [0, 0.05) is 0 Å². The topological polar surface area (TPSA) is 20.2 Å². The lowest BCUT2D eigenvalue weighted by Crippen LogP contribution is -1.99. The molecule has 0 aliphatic carbocycles. The Labute approximate surface area is 101 Å². The first kappa shape index (κ1) is 11.8. The lowest BCUT2D eigenvalue weighted by molar-refractivity contribution is 0.142. The molecule has 1 atom stereocenters. The minimum Gasteiger partial charge on any atom is -0.386 e. The number of hydrogen-bond acceptors (Lipinski definition) is 1. The molecule has 2 aromatic rings. The minimum absolute atomic E-state index is 0.619. The molecule has 0 aromatic heterocycles. The summed E-state index contributed by atoms with van der Waals surface area (Å²) in [6.45, 7) is 1.28. The van der Waals surface area contributed by atoms with E-state index in [1.807, 2.05) is 49.4 Å². The highest BCUT2D eigenvalue weighted by molar-refractivity contribution is 5.67. The summed E-state index contributed by atoms with van der Waals surface area (Å²) >= 11 is 0. The van der Waals surface area contributed by atoms with Gasteiger partial charge < -0.3 is 5.11 Å². The van der Waals surface area contributed by atoms with Gasteiger partial charge in [-0.05, 0) is 35.2 Å². The highest BCUT2D eigenvalue weighted by atomic mass is 19.1. The average Bonchev–Trinajstić information content (AvgIpc) is 2.38. The maximum Gasteiger partial charge on any atom is 0.119 e. The molecule has 1 N–H and O–H groups in total. The molecule has 17 heavy (non-hydrogen) atoms. The van der Waals surface area contributed by atoms with Crippen LogP contribution >= 0.6 is 0 Å². The third-order valence-electron chi connectivity index (χ3n) is 2.87. The van der Waals surface area contributed by atoms with Crippen LogP contribution in [0.25, 0.3) is 11.1 Å². The number of aliphatic hydroxyl groups excluding tert-OH is 1. The Morgan fingerprint density at radius 3 is 2.59 bits per heavy atom. The third-order valence-corrected chi connectivity index (χ3v) is 2.87. The van der Waals surface area contributed by atoms with E-state index in [0.717, 1.165) is 11.1 Å². The maximum absolute atomic E-state index is 12.4. The molecular weight excluding hydrogens is 215 g/mol. The van der Waals surface area contributed by atoms with Crippen LogP contribution in [0.5, 0.6) is 0 Å². The van der Waals surface area contributed by atoms with Gasteiger partial charge in [-0.25, -0.2) is 4.39 Å². The van der Waals surface area contributed by atoms with Crippen LogP contribution in [0.1, 0.15) is 17.2 Å². The molecular formula is C15H15FO. The van der Waals surface area contributed by atoms with Crippen molar-refractivity contribution in [2.45, 2.75) is 13.0 Å². The van der Waals surface area contributed by atoms with Gasteiger partial charge in [-0.15, -0.1) is 0 Å². The molecule has 1 nitrogen and oxygen atoms in total. The molecule has 0 aliphatic rings. The summed E-state index contributed by atoms with van der Waals surface area (Å²) in [5.74, 6) is 0. The fourth-order valence-electron chi connectivity index (χ4n) is 1.90. The van der Waals surface area contributed by atoms with Crippen LogP contribution in [0.4, 0.5) is 4.39 Å². The van der Waals surface area contributed by atoms with Crippen LogP contribution in [-0.2, 0) is 0 Å². The highest BCUT2D eigenvalue weighted by Gasteiger charge is 2.08. The summed E-state index contributed by atoms with van der Waals surface area (Å²) < 4.78 is 12.4. The Hall–Kier alpha value is -1.67. The molecule has 0 bridgehead atoms. The van der Waals surface area contributed by atoms with Gasteiger partial charge >= 0.3 is 0 Å². The number of aryl methyl sites for hydroxylation is 1. The van der Waals surface area contributed by atoms with Gasteiger partial charge in [0.05, 0.1) is 0 Å². The van der Waals surface area contributed by atoms with Crippen molar-refractivity contribution in [2.75, 3.05) is 6.67 Å². The molecule has 0 saturated heterocycles. The van der Waals surface area contributed by atoms with Crippen LogP contribution < -0.4 is 0 Å². The van der Waals surface area contributed by atoms with Crippen molar-refractivity contribution in [2.24, 2.45) is 0 Å².